The summed E-state index contributed by atoms with van der Waals surface area (Å²) in [4.78, 5) is 13.8. The largest absolute Gasteiger partial charge is 0.300 e. The van der Waals surface area contributed by atoms with E-state index in [0.29, 0.717) is 12.8 Å². The summed E-state index contributed by atoms with van der Waals surface area (Å²) in [6, 6.07) is 7.26. The second-order valence-electron chi connectivity index (χ2n) is 7.24. The van der Waals surface area contributed by atoms with E-state index >= 15 is 0 Å². The Balaban J connectivity index is 1.63. The summed E-state index contributed by atoms with van der Waals surface area (Å²) < 4.78 is 42.9. The van der Waals surface area contributed by atoms with Crippen molar-refractivity contribution in [2.45, 2.75) is 36.6 Å². The Bertz CT molecular complexity index is 1010. The average Bonchev–Trinajstić information content (AvgIpc) is 3.03. The number of aryl methyl sites for hydroxylation is 1. The Hall–Kier alpha value is -2.26. The number of hydrogen-bond acceptors (Lipinski definition) is 4. The van der Waals surface area contributed by atoms with Crippen molar-refractivity contribution < 1.29 is 17.6 Å². The van der Waals surface area contributed by atoms with E-state index in [1.807, 2.05) is 17.7 Å². The van der Waals surface area contributed by atoms with E-state index in [1.54, 1.807) is 11.9 Å². The molecule has 144 valence electrons. The quantitative estimate of drug-likeness (QED) is 0.782. The van der Waals surface area contributed by atoms with E-state index in [2.05, 4.69) is 5.10 Å². The molecule has 4 rings (SSSR count). The summed E-state index contributed by atoms with van der Waals surface area (Å²) in [5.41, 5.74) is 0.279. The van der Waals surface area contributed by atoms with E-state index in [-0.39, 0.29) is 30.3 Å². The number of hydrogen-bond donors (Lipinski definition) is 0. The molecule has 1 spiro atoms. The molecule has 1 amide bonds. The van der Waals surface area contributed by atoms with Gasteiger partial charge in [-0.3, -0.25) is 4.79 Å². The maximum Gasteiger partial charge on any atom is 0.245 e. The van der Waals surface area contributed by atoms with Crippen molar-refractivity contribution >= 4 is 21.7 Å². The molecule has 1 aromatic heterocycles. The molecule has 7 nitrogen and oxygen atoms in total. The monoisotopic (exact) mass is 392 g/mol. The van der Waals surface area contributed by atoms with Crippen LogP contribution in [-0.4, -0.2) is 48.5 Å². The lowest BCUT2D eigenvalue weighted by molar-refractivity contribution is -0.122. The summed E-state index contributed by atoms with van der Waals surface area (Å²) >= 11 is 0. The Morgan fingerprint density at radius 3 is 2.52 bits per heavy atom. The van der Waals surface area contributed by atoms with Crippen LogP contribution in [0.5, 0.6) is 0 Å². The molecule has 2 aliphatic rings. The lowest BCUT2D eigenvalue weighted by Crippen LogP contribution is -2.54. The molecular weight excluding hydrogens is 371 g/mol. The van der Waals surface area contributed by atoms with E-state index in [9.17, 15) is 17.6 Å². The van der Waals surface area contributed by atoms with Gasteiger partial charge in [0, 0.05) is 26.2 Å². The van der Waals surface area contributed by atoms with Crippen LogP contribution >= 0.6 is 0 Å². The van der Waals surface area contributed by atoms with Gasteiger partial charge in [0.25, 0.3) is 0 Å². The van der Waals surface area contributed by atoms with Gasteiger partial charge in [-0.1, -0.05) is 12.1 Å². The van der Waals surface area contributed by atoms with Gasteiger partial charge in [-0.05, 0) is 31.9 Å². The second kappa shape index (κ2) is 6.13. The Morgan fingerprint density at radius 2 is 1.85 bits per heavy atom. The summed E-state index contributed by atoms with van der Waals surface area (Å²) in [5.74, 6) is -0.0285. The highest BCUT2D eigenvalue weighted by molar-refractivity contribution is 7.89. The molecule has 0 unspecified atom stereocenters. The van der Waals surface area contributed by atoms with E-state index in [1.165, 1.54) is 22.5 Å². The van der Waals surface area contributed by atoms with Crippen molar-refractivity contribution in [2.24, 2.45) is 0 Å². The minimum Gasteiger partial charge on any atom is -0.300 e. The SMILES string of the molecule is Cc1cc2n(n1)C1(CCN(S(=O)(=O)c3ccccc3F)CC1)CC(=O)N2C. The second-order valence-corrected chi connectivity index (χ2v) is 9.15. The number of sulfonamides is 1. The standard InChI is InChI=1S/C18H21FN4O3S/c1-13-11-16-21(2)17(24)12-18(23(16)20-13)7-9-22(10-8-18)27(25,26)15-6-4-3-5-14(15)19/h3-6,11H,7-10,12H2,1-2H3. The maximum absolute atomic E-state index is 14.0. The number of carbonyl (C=O) groups is 1. The van der Waals surface area contributed by atoms with E-state index in [0.717, 1.165) is 17.6 Å². The minimum atomic E-state index is -3.91. The lowest BCUT2D eigenvalue weighted by Gasteiger charge is -2.45. The molecule has 1 aromatic carbocycles. The number of halogens is 1. The first kappa shape index (κ1) is 18.1. The number of anilines is 1. The predicted molar refractivity (Wildman–Crippen MR) is 97.4 cm³/mol. The smallest absolute Gasteiger partial charge is 0.245 e. The van der Waals surface area contributed by atoms with Crippen LogP contribution < -0.4 is 4.90 Å². The van der Waals surface area contributed by atoms with Gasteiger partial charge in [-0.2, -0.15) is 9.40 Å². The molecule has 27 heavy (non-hydrogen) atoms. The lowest BCUT2D eigenvalue weighted by atomic mass is 9.83. The molecule has 1 fully saturated rings. The number of rotatable bonds is 2. The van der Waals surface area contributed by atoms with Crippen molar-refractivity contribution in [3.8, 4) is 0 Å². The van der Waals surface area contributed by atoms with Gasteiger partial charge in [-0.25, -0.2) is 17.5 Å². The molecule has 0 atom stereocenters. The topological polar surface area (TPSA) is 75.5 Å². The Labute approximate surface area is 157 Å². The molecule has 0 N–H and O–H groups in total. The Kier molecular flexibility index (Phi) is 4.12. The van der Waals surface area contributed by atoms with Crippen LogP contribution in [0.3, 0.4) is 0 Å². The van der Waals surface area contributed by atoms with Gasteiger partial charge in [0.1, 0.15) is 16.5 Å². The van der Waals surface area contributed by atoms with Crippen LogP contribution in [0.4, 0.5) is 10.2 Å². The first-order valence-corrected chi connectivity index (χ1v) is 10.3. The normalized spacial score (nSPS) is 20.1. The van der Waals surface area contributed by atoms with Crippen LogP contribution in [0.1, 0.15) is 25.0 Å². The number of aromatic nitrogens is 2. The maximum atomic E-state index is 14.0. The Morgan fingerprint density at radius 1 is 1.19 bits per heavy atom. The highest BCUT2D eigenvalue weighted by Gasteiger charge is 2.47. The van der Waals surface area contributed by atoms with Gasteiger partial charge in [0.05, 0.1) is 17.7 Å². The zero-order valence-corrected chi connectivity index (χ0v) is 16.0. The molecule has 2 aromatic rings. The molecule has 2 aliphatic heterocycles. The van der Waals surface area contributed by atoms with Gasteiger partial charge in [0.15, 0.2) is 0 Å². The fourth-order valence-corrected chi connectivity index (χ4v) is 5.51. The first-order chi connectivity index (χ1) is 12.7. The third-order valence-electron chi connectivity index (χ3n) is 5.57. The van der Waals surface area contributed by atoms with Crippen molar-refractivity contribution in [1.82, 2.24) is 14.1 Å². The number of nitrogens with zero attached hydrogens (tertiary/aromatic N) is 4. The molecule has 0 saturated carbocycles. The number of piperidine rings is 1. The summed E-state index contributed by atoms with van der Waals surface area (Å²) in [6.07, 6.45) is 1.19. The van der Waals surface area contributed by atoms with Crippen LogP contribution in [0.25, 0.3) is 0 Å². The van der Waals surface area contributed by atoms with Crippen molar-refractivity contribution in [2.75, 3.05) is 25.0 Å². The van der Waals surface area contributed by atoms with Crippen LogP contribution in [0, 0.1) is 12.7 Å². The molecule has 0 radical (unpaired) electrons. The van der Waals surface area contributed by atoms with Crippen LogP contribution in [-0.2, 0) is 20.4 Å². The van der Waals surface area contributed by atoms with Crippen molar-refractivity contribution in [3.05, 3.63) is 41.8 Å². The first-order valence-electron chi connectivity index (χ1n) is 8.83. The van der Waals surface area contributed by atoms with Gasteiger partial charge in [-0.15, -0.1) is 0 Å². The summed E-state index contributed by atoms with van der Waals surface area (Å²) in [6.45, 7) is 2.30. The van der Waals surface area contributed by atoms with E-state index < -0.39 is 21.4 Å². The van der Waals surface area contributed by atoms with Gasteiger partial charge < -0.3 is 4.90 Å². The molecule has 9 heteroatoms. The fourth-order valence-electron chi connectivity index (χ4n) is 4.00. The van der Waals surface area contributed by atoms with E-state index in [4.69, 9.17) is 0 Å². The summed E-state index contributed by atoms with van der Waals surface area (Å²) in [5, 5.41) is 4.57. The zero-order valence-electron chi connectivity index (χ0n) is 15.2. The number of fused-ring (bicyclic) bond motifs is 2. The molecule has 1 saturated heterocycles. The zero-order chi connectivity index (χ0) is 19.4. The third-order valence-corrected chi connectivity index (χ3v) is 7.50. The van der Waals surface area contributed by atoms with Gasteiger partial charge >= 0.3 is 0 Å². The molecule has 0 aliphatic carbocycles. The summed E-state index contributed by atoms with van der Waals surface area (Å²) in [7, 11) is -2.19. The fraction of sp³-hybridized carbons (Fsp3) is 0.444. The minimum absolute atomic E-state index is 0.00666. The van der Waals surface area contributed by atoms with Crippen molar-refractivity contribution in [3.63, 3.8) is 0 Å². The molecule has 0 bridgehead atoms. The van der Waals surface area contributed by atoms with Crippen LogP contribution in [0.2, 0.25) is 0 Å². The highest BCUT2D eigenvalue weighted by Crippen LogP contribution is 2.41. The average molecular weight is 392 g/mol. The molecular formula is C18H21FN4O3S. The van der Waals surface area contributed by atoms with Crippen LogP contribution in [0.15, 0.2) is 35.2 Å². The third kappa shape index (κ3) is 2.76. The number of benzene rings is 1. The predicted octanol–water partition coefficient (Wildman–Crippen LogP) is 1.88. The number of amides is 1. The number of carbonyl (C=O) groups excluding carboxylic acids is 1. The van der Waals surface area contributed by atoms with Gasteiger partial charge in [0.2, 0.25) is 15.9 Å². The van der Waals surface area contributed by atoms with Crippen molar-refractivity contribution in [1.29, 1.82) is 0 Å². The highest BCUT2D eigenvalue weighted by atomic mass is 32.2. The molecule has 3 heterocycles.